The SMILES string of the molecule is CCCN(CCC)CCCC1CCNCC1. The molecule has 0 aromatic rings. The third-order valence-electron chi connectivity index (χ3n) is 3.63. The van der Waals surface area contributed by atoms with Gasteiger partial charge in [0, 0.05) is 0 Å². The zero-order valence-corrected chi connectivity index (χ0v) is 11.3. The topological polar surface area (TPSA) is 15.3 Å². The van der Waals surface area contributed by atoms with Crippen molar-refractivity contribution in [2.75, 3.05) is 32.7 Å². The summed E-state index contributed by atoms with van der Waals surface area (Å²) in [5.41, 5.74) is 0. The molecule has 2 nitrogen and oxygen atoms in total. The van der Waals surface area contributed by atoms with Gasteiger partial charge in [-0.25, -0.2) is 0 Å². The highest BCUT2D eigenvalue weighted by atomic mass is 15.1. The van der Waals surface area contributed by atoms with Crippen LogP contribution >= 0.6 is 0 Å². The minimum absolute atomic E-state index is 1.01. The van der Waals surface area contributed by atoms with Crippen LogP contribution in [0.5, 0.6) is 0 Å². The fraction of sp³-hybridized carbons (Fsp3) is 1.00. The highest BCUT2D eigenvalue weighted by molar-refractivity contribution is 4.69. The first-order valence-corrected chi connectivity index (χ1v) is 7.29. The van der Waals surface area contributed by atoms with E-state index in [4.69, 9.17) is 0 Å². The van der Waals surface area contributed by atoms with E-state index >= 15 is 0 Å². The summed E-state index contributed by atoms with van der Waals surface area (Å²) >= 11 is 0. The molecule has 96 valence electrons. The summed E-state index contributed by atoms with van der Waals surface area (Å²) in [4.78, 5) is 2.64. The number of piperidine rings is 1. The molecule has 1 rings (SSSR count). The first-order chi connectivity index (χ1) is 7.86. The lowest BCUT2D eigenvalue weighted by Crippen LogP contribution is -2.29. The second kappa shape index (κ2) is 9.00. The largest absolute Gasteiger partial charge is 0.317 e. The van der Waals surface area contributed by atoms with E-state index in [0.717, 1.165) is 5.92 Å². The van der Waals surface area contributed by atoms with Crippen molar-refractivity contribution in [3.05, 3.63) is 0 Å². The summed E-state index contributed by atoms with van der Waals surface area (Å²) in [6, 6.07) is 0. The van der Waals surface area contributed by atoms with Gasteiger partial charge in [-0.1, -0.05) is 13.8 Å². The van der Waals surface area contributed by atoms with Crippen LogP contribution in [0.4, 0.5) is 0 Å². The van der Waals surface area contributed by atoms with Crippen LogP contribution in [0, 0.1) is 5.92 Å². The highest BCUT2D eigenvalue weighted by Crippen LogP contribution is 2.17. The van der Waals surface area contributed by atoms with Crippen LogP contribution in [0.15, 0.2) is 0 Å². The molecule has 1 aliphatic heterocycles. The van der Waals surface area contributed by atoms with Gasteiger partial charge in [-0.05, 0) is 77.2 Å². The van der Waals surface area contributed by atoms with Crippen LogP contribution in [-0.4, -0.2) is 37.6 Å². The second-order valence-electron chi connectivity index (χ2n) is 5.18. The summed E-state index contributed by atoms with van der Waals surface area (Å²) in [7, 11) is 0. The van der Waals surface area contributed by atoms with Crippen LogP contribution < -0.4 is 5.32 Å². The van der Waals surface area contributed by atoms with E-state index in [-0.39, 0.29) is 0 Å². The maximum Gasteiger partial charge on any atom is -0.00186 e. The molecule has 2 heteroatoms. The number of nitrogens with one attached hydrogen (secondary N) is 1. The molecule has 0 aromatic carbocycles. The molecule has 16 heavy (non-hydrogen) atoms. The second-order valence-corrected chi connectivity index (χ2v) is 5.18. The molecular weight excluding hydrogens is 196 g/mol. The van der Waals surface area contributed by atoms with Gasteiger partial charge in [0.25, 0.3) is 0 Å². The highest BCUT2D eigenvalue weighted by Gasteiger charge is 2.12. The minimum Gasteiger partial charge on any atom is -0.317 e. The van der Waals surface area contributed by atoms with Crippen LogP contribution in [0.25, 0.3) is 0 Å². The number of hydrogen-bond acceptors (Lipinski definition) is 2. The minimum atomic E-state index is 1.01. The van der Waals surface area contributed by atoms with Crippen molar-refractivity contribution in [1.82, 2.24) is 10.2 Å². The molecule has 0 aromatic heterocycles. The van der Waals surface area contributed by atoms with Crippen molar-refractivity contribution < 1.29 is 0 Å². The van der Waals surface area contributed by atoms with Gasteiger partial charge in [0.15, 0.2) is 0 Å². The van der Waals surface area contributed by atoms with Crippen molar-refractivity contribution in [1.29, 1.82) is 0 Å². The lowest BCUT2D eigenvalue weighted by molar-refractivity contribution is 0.252. The molecule has 0 spiro atoms. The van der Waals surface area contributed by atoms with Gasteiger partial charge in [-0.2, -0.15) is 0 Å². The normalized spacial score (nSPS) is 18.2. The fourth-order valence-electron chi connectivity index (χ4n) is 2.74. The summed E-state index contributed by atoms with van der Waals surface area (Å²) in [5, 5.41) is 3.44. The Kier molecular flexibility index (Phi) is 7.87. The van der Waals surface area contributed by atoms with Gasteiger partial charge in [-0.15, -0.1) is 0 Å². The Balaban J connectivity index is 2.06. The van der Waals surface area contributed by atoms with Crippen molar-refractivity contribution in [2.24, 2.45) is 5.92 Å². The molecule has 0 amide bonds. The smallest absolute Gasteiger partial charge is 0.00186 e. The molecule has 1 fully saturated rings. The quantitative estimate of drug-likeness (QED) is 0.684. The summed E-state index contributed by atoms with van der Waals surface area (Å²) in [6.45, 7) is 11.0. The van der Waals surface area contributed by atoms with E-state index in [2.05, 4.69) is 24.1 Å². The Morgan fingerprint density at radius 3 is 2.19 bits per heavy atom. The van der Waals surface area contributed by atoms with E-state index in [0.29, 0.717) is 0 Å². The van der Waals surface area contributed by atoms with Gasteiger partial charge < -0.3 is 10.2 Å². The van der Waals surface area contributed by atoms with Crippen molar-refractivity contribution in [2.45, 2.75) is 52.4 Å². The van der Waals surface area contributed by atoms with Crippen LogP contribution in [-0.2, 0) is 0 Å². The Morgan fingerprint density at radius 1 is 1.00 bits per heavy atom. The monoisotopic (exact) mass is 226 g/mol. The Labute approximate surface area is 102 Å². The standard InChI is InChI=1S/C14H30N2/c1-3-11-16(12-4-2)13-5-6-14-7-9-15-10-8-14/h14-15H,3-13H2,1-2H3. The molecule has 0 unspecified atom stereocenters. The number of nitrogens with zero attached hydrogens (tertiary/aromatic N) is 1. The molecule has 1 aliphatic rings. The summed E-state index contributed by atoms with van der Waals surface area (Å²) in [5.74, 6) is 1.01. The summed E-state index contributed by atoms with van der Waals surface area (Å²) in [6.07, 6.45) is 8.26. The van der Waals surface area contributed by atoms with Crippen molar-refractivity contribution in [3.8, 4) is 0 Å². The molecule has 0 bridgehead atoms. The van der Waals surface area contributed by atoms with Gasteiger partial charge in [0.1, 0.15) is 0 Å². The van der Waals surface area contributed by atoms with Crippen molar-refractivity contribution in [3.63, 3.8) is 0 Å². The van der Waals surface area contributed by atoms with Gasteiger partial charge >= 0.3 is 0 Å². The van der Waals surface area contributed by atoms with E-state index < -0.39 is 0 Å². The van der Waals surface area contributed by atoms with E-state index in [1.807, 2.05) is 0 Å². The van der Waals surface area contributed by atoms with Crippen molar-refractivity contribution >= 4 is 0 Å². The Hall–Kier alpha value is -0.0800. The Bertz CT molecular complexity index is 147. The van der Waals surface area contributed by atoms with Crippen LogP contribution in [0.2, 0.25) is 0 Å². The van der Waals surface area contributed by atoms with Crippen LogP contribution in [0.3, 0.4) is 0 Å². The zero-order chi connectivity index (χ0) is 11.6. The molecule has 1 saturated heterocycles. The fourth-order valence-corrected chi connectivity index (χ4v) is 2.74. The molecular formula is C14H30N2. The lowest BCUT2D eigenvalue weighted by atomic mass is 9.93. The molecule has 0 saturated carbocycles. The first kappa shape index (κ1) is 14.0. The van der Waals surface area contributed by atoms with Gasteiger partial charge in [-0.3, -0.25) is 0 Å². The molecule has 1 heterocycles. The lowest BCUT2D eigenvalue weighted by Gasteiger charge is -2.25. The third-order valence-corrected chi connectivity index (χ3v) is 3.63. The maximum atomic E-state index is 3.44. The van der Waals surface area contributed by atoms with Gasteiger partial charge in [0.05, 0.1) is 0 Å². The Morgan fingerprint density at radius 2 is 1.62 bits per heavy atom. The van der Waals surface area contributed by atoms with E-state index in [1.165, 1.54) is 71.2 Å². The predicted molar refractivity (Wildman–Crippen MR) is 71.8 cm³/mol. The maximum absolute atomic E-state index is 3.44. The molecule has 0 aliphatic carbocycles. The number of rotatable bonds is 8. The summed E-state index contributed by atoms with van der Waals surface area (Å²) < 4.78 is 0. The zero-order valence-electron chi connectivity index (χ0n) is 11.3. The number of hydrogen-bond donors (Lipinski definition) is 1. The molecule has 1 N–H and O–H groups in total. The molecule has 0 atom stereocenters. The van der Waals surface area contributed by atoms with E-state index in [1.54, 1.807) is 0 Å². The third kappa shape index (κ3) is 5.86. The average molecular weight is 226 g/mol. The predicted octanol–water partition coefficient (Wildman–Crippen LogP) is 2.89. The van der Waals surface area contributed by atoms with Gasteiger partial charge in [0.2, 0.25) is 0 Å². The van der Waals surface area contributed by atoms with E-state index in [9.17, 15) is 0 Å². The first-order valence-electron chi connectivity index (χ1n) is 7.29. The van der Waals surface area contributed by atoms with Crippen LogP contribution in [0.1, 0.15) is 52.4 Å². The molecule has 0 radical (unpaired) electrons. The average Bonchev–Trinajstić information content (AvgIpc) is 2.31.